The number of imidazole rings is 1. The van der Waals surface area contributed by atoms with Crippen molar-refractivity contribution < 1.29 is 32.7 Å². The van der Waals surface area contributed by atoms with Crippen molar-refractivity contribution in [3.63, 3.8) is 0 Å². The Morgan fingerprint density at radius 1 is 1.17 bits per heavy atom. The molecule has 1 unspecified atom stereocenters. The molecule has 1 aromatic carbocycles. The van der Waals surface area contributed by atoms with Crippen molar-refractivity contribution >= 4 is 28.8 Å². The molecule has 1 aliphatic rings. The van der Waals surface area contributed by atoms with Crippen LogP contribution in [0.1, 0.15) is 24.6 Å². The number of rotatable bonds is 4. The van der Waals surface area contributed by atoms with Crippen LogP contribution in [0.4, 0.5) is 13.2 Å². The minimum atomic E-state index is -5.08. The molecular weight excluding hydrogens is 471 g/mol. The molecule has 0 radical (unpaired) electrons. The molecule has 2 aromatic heterocycles. The molecule has 0 bridgehead atoms. The number of carboxylic acids is 1. The van der Waals surface area contributed by atoms with Crippen molar-refractivity contribution in [2.75, 3.05) is 7.05 Å². The zero-order valence-electron chi connectivity index (χ0n) is 18.7. The first-order valence-corrected chi connectivity index (χ1v) is 10.4. The second-order valence-corrected chi connectivity index (χ2v) is 7.75. The Bertz CT molecular complexity index is 1330. The Morgan fingerprint density at radius 2 is 1.83 bits per heavy atom. The van der Waals surface area contributed by atoms with Crippen molar-refractivity contribution in [2.24, 2.45) is 7.05 Å². The number of imide groups is 1. The number of alkyl halides is 3. The molecule has 3 N–H and O–H groups in total. The number of nitrogens with one attached hydrogen (secondary N) is 2. The Hall–Kier alpha value is -4.00. The van der Waals surface area contributed by atoms with Crippen LogP contribution >= 0.6 is 0 Å². The number of aryl methyl sites for hydroxylation is 1. The lowest BCUT2D eigenvalue weighted by molar-refractivity contribution is -0.192. The third kappa shape index (κ3) is 5.57. The van der Waals surface area contributed by atoms with E-state index in [0.717, 1.165) is 22.3 Å². The molecule has 13 heteroatoms. The lowest BCUT2D eigenvalue weighted by Gasteiger charge is -2.21. The molecule has 186 valence electrons. The fourth-order valence-electron chi connectivity index (χ4n) is 3.65. The molecule has 35 heavy (non-hydrogen) atoms. The van der Waals surface area contributed by atoms with E-state index in [-0.39, 0.29) is 18.0 Å². The lowest BCUT2D eigenvalue weighted by Crippen LogP contribution is -2.44. The molecule has 0 saturated carbocycles. The second-order valence-electron chi connectivity index (χ2n) is 7.75. The monoisotopic (exact) mass is 493 g/mol. The summed E-state index contributed by atoms with van der Waals surface area (Å²) >= 11 is 0. The SMILES string of the molecule is CNCc1ccc(-c2ccc3c(c2)n(C)c(=O)n3C2CCC(=O)NC2=O)cn1.O=C(O)C(F)(F)F. The topological polar surface area (TPSA) is 135 Å². The van der Waals surface area contributed by atoms with E-state index >= 15 is 0 Å². The number of benzene rings is 1. The Labute approximate surface area is 196 Å². The quantitative estimate of drug-likeness (QED) is 0.471. The number of hydrogen-bond donors (Lipinski definition) is 3. The van der Waals surface area contributed by atoms with E-state index in [0.29, 0.717) is 18.5 Å². The molecule has 1 fully saturated rings. The third-order valence-electron chi connectivity index (χ3n) is 5.37. The normalized spacial score (nSPS) is 16.0. The van der Waals surface area contributed by atoms with Crippen LogP contribution in [-0.4, -0.2) is 50.2 Å². The first-order chi connectivity index (χ1) is 16.4. The summed E-state index contributed by atoms with van der Waals surface area (Å²) in [5.41, 5.74) is 3.96. The van der Waals surface area contributed by atoms with E-state index in [1.54, 1.807) is 7.05 Å². The number of piperidine rings is 1. The number of fused-ring (bicyclic) bond motifs is 1. The fraction of sp³-hybridized carbons (Fsp3) is 0.318. The predicted molar refractivity (Wildman–Crippen MR) is 118 cm³/mol. The highest BCUT2D eigenvalue weighted by Crippen LogP contribution is 2.27. The average Bonchev–Trinajstić information content (AvgIpc) is 3.04. The number of nitrogens with zero attached hydrogens (tertiary/aromatic N) is 3. The number of aromatic nitrogens is 3. The summed E-state index contributed by atoms with van der Waals surface area (Å²) in [5.74, 6) is -3.49. The van der Waals surface area contributed by atoms with Gasteiger partial charge in [-0.15, -0.1) is 0 Å². The molecule has 3 heterocycles. The highest BCUT2D eigenvalue weighted by atomic mass is 19.4. The van der Waals surface area contributed by atoms with Crippen molar-refractivity contribution in [1.29, 1.82) is 0 Å². The molecule has 0 spiro atoms. The van der Waals surface area contributed by atoms with Crippen molar-refractivity contribution in [3.8, 4) is 11.1 Å². The van der Waals surface area contributed by atoms with E-state index < -0.39 is 24.1 Å². The molecule has 0 aliphatic carbocycles. The minimum Gasteiger partial charge on any atom is -0.475 e. The summed E-state index contributed by atoms with van der Waals surface area (Å²) < 4.78 is 34.8. The van der Waals surface area contributed by atoms with Crippen LogP contribution in [0.2, 0.25) is 0 Å². The summed E-state index contributed by atoms with van der Waals surface area (Å²) in [4.78, 5) is 49.9. The molecule has 1 aliphatic heterocycles. The van der Waals surface area contributed by atoms with Gasteiger partial charge in [-0.3, -0.25) is 29.0 Å². The van der Waals surface area contributed by atoms with Crippen LogP contribution in [0.25, 0.3) is 22.2 Å². The Kier molecular flexibility index (Phi) is 7.39. The number of aliphatic carboxylic acids is 1. The second kappa shape index (κ2) is 10.1. The molecule has 3 aromatic rings. The zero-order valence-corrected chi connectivity index (χ0v) is 18.7. The van der Waals surface area contributed by atoms with E-state index in [2.05, 4.69) is 15.6 Å². The van der Waals surface area contributed by atoms with Gasteiger partial charge in [0.15, 0.2) is 0 Å². The van der Waals surface area contributed by atoms with E-state index in [1.165, 1.54) is 9.13 Å². The first kappa shape index (κ1) is 25.6. The molecule has 1 saturated heterocycles. The number of carbonyl (C=O) groups is 3. The van der Waals surface area contributed by atoms with Crippen LogP contribution in [0.5, 0.6) is 0 Å². The molecule has 4 rings (SSSR count). The maximum atomic E-state index is 12.8. The van der Waals surface area contributed by atoms with Gasteiger partial charge in [0.2, 0.25) is 11.8 Å². The van der Waals surface area contributed by atoms with E-state index in [9.17, 15) is 27.6 Å². The smallest absolute Gasteiger partial charge is 0.475 e. The van der Waals surface area contributed by atoms with Gasteiger partial charge in [0, 0.05) is 31.8 Å². The van der Waals surface area contributed by atoms with Gasteiger partial charge in [-0.1, -0.05) is 12.1 Å². The fourth-order valence-corrected chi connectivity index (χ4v) is 3.65. The van der Waals surface area contributed by atoms with Crippen LogP contribution in [0.15, 0.2) is 41.3 Å². The number of halogens is 3. The third-order valence-corrected chi connectivity index (χ3v) is 5.37. The standard InChI is InChI=1S/C20H21N5O3.C2HF3O2/c1-21-11-14-5-3-13(10-22-14)12-4-6-15-17(9-12)24(2)20(28)25(15)16-7-8-18(26)23-19(16)27;3-2(4,5)1(6)7/h3-6,9-10,16,21H,7-8,11H2,1-2H3,(H,23,26,27);(H,6,7). The lowest BCUT2D eigenvalue weighted by atomic mass is 10.0. The minimum absolute atomic E-state index is 0.224. The molecule has 2 amide bonds. The van der Waals surface area contributed by atoms with Gasteiger partial charge >= 0.3 is 17.8 Å². The van der Waals surface area contributed by atoms with Crippen molar-refractivity contribution in [2.45, 2.75) is 31.6 Å². The number of pyridine rings is 1. The van der Waals surface area contributed by atoms with Crippen LogP contribution in [0.3, 0.4) is 0 Å². The molecule has 1 atom stereocenters. The first-order valence-electron chi connectivity index (χ1n) is 10.4. The van der Waals surface area contributed by atoms with E-state index in [1.807, 2.05) is 43.6 Å². The summed E-state index contributed by atoms with van der Waals surface area (Å²) in [7, 11) is 3.56. The maximum absolute atomic E-state index is 12.8. The summed E-state index contributed by atoms with van der Waals surface area (Å²) in [6, 6.07) is 8.96. The van der Waals surface area contributed by atoms with E-state index in [4.69, 9.17) is 9.90 Å². The average molecular weight is 493 g/mol. The van der Waals surface area contributed by atoms with Gasteiger partial charge in [-0.05, 0) is 37.2 Å². The van der Waals surface area contributed by atoms with Crippen molar-refractivity contribution in [3.05, 3.63) is 52.7 Å². The maximum Gasteiger partial charge on any atom is 0.490 e. The van der Waals surface area contributed by atoms with Gasteiger partial charge in [-0.2, -0.15) is 13.2 Å². The summed E-state index contributed by atoms with van der Waals surface area (Å²) in [6.45, 7) is 0.697. The molecular formula is C22H22F3N5O5. The predicted octanol–water partition coefficient (Wildman–Crippen LogP) is 1.73. The van der Waals surface area contributed by atoms with Gasteiger partial charge in [0.1, 0.15) is 6.04 Å². The highest BCUT2D eigenvalue weighted by Gasteiger charge is 2.38. The van der Waals surface area contributed by atoms with Crippen LogP contribution in [-0.2, 0) is 28.0 Å². The number of carbonyl (C=O) groups excluding carboxylic acids is 2. The molecule has 10 nitrogen and oxygen atoms in total. The van der Waals surface area contributed by atoms with Gasteiger partial charge in [-0.25, -0.2) is 9.59 Å². The highest BCUT2D eigenvalue weighted by molar-refractivity contribution is 6.00. The largest absolute Gasteiger partial charge is 0.490 e. The number of hydrogen-bond acceptors (Lipinski definition) is 6. The van der Waals surface area contributed by atoms with Gasteiger partial charge < -0.3 is 10.4 Å². The zero-order chi connectivity index (χ0) is 25.9. The van der Waals surface area contributed by atoms with Crippen LogP contribution < -0.4 is 16.3 Å². The van der Waals surface area contributed by atoms with Gasteiger partial charge in [0.25, 0.3) is 0 Å². The summed E-state index contributed by atoms with van der Waals surface area (Å²) in [6.07, 6.45) is -2.73. The Balaban J connectivity index is 0.000000429. The Morgan fingerprint density at radius 3 is 2.37 bits per heavy atom. The van der Waals surface area contributed by atoms with Crippen LogP contribution in [0, 0.1) is 0 Å². The van der Waals surface area contributed by atoms with Crippen molar-refractivity contribution in [1.82, 2.24) is 24.8 Å². The number of carboxylic acid groups (broad SMARTS) is 1. The van der Waals surface area contributed by atoms with Gasteiger partial charge in [0.05, 0.1) is 16.7 Å². The summed E-state index contributed by atoms with van der Waals surface area (Å²) in [5, 5.41) is 12.5. The number of amides is 2.